The second-order valence-corrected chi connectivity index (χ2v) is 6.71. The predicted molar refractivity (Wildman–Crippen MR) is 72.8 cm³/mol. The van der Waals surface area contributed by atoms with E-state index in [1.807, 2.05) is 0 Å². The molecule has 1 heterocycles. The number of nitrogens with one attached hydrogen (secondary N) is 1. The molecule has 0 aliphatic rings. The van der Waals surface area contributed by atoms with Gasteiger partial charge in [0.2, 0.25) is 9.47 Å². The number of likely N-dealkylation sites (N-methyl/N-ethyl adjacent to an activating group) is 1. The van der Waals surface area contributed by atoms with Crippen LogP contribution in [0.3, 0.4) is 0 Å². The largest absolute Gasteiger partial charge is 0.341 e. The fourth-order valence-corrected chi connectivity index (χ4v) is 3.39. The molecule has 0 radical (unpaired) electrons. The van der Waals surface area contributed by atoms with E-state index in [0.717, 1.165) is 15.6 Å². The van der Waals surface area contributed by atoms with Crippen LogP contribution in [0.5, 0.6) is 0 Å². The zero-order valence-corrected chi connectivity index (χ0v) is 12.5. The van der Waals surface area contributed by atoms with Crippen molar-refractivity contribution in [2.75, 3.05) is 32.6 Å². The zero-order valence-electron chi connectivity index (χ0n) is 10.8. The first-order valence-corrected chi connectivity index (χ1v) is 7.46. The third-order valence-electron chi connectivity index (χ3n) is 2.22. The number of sulfonamides is 1. The van der Waals surface area contributed by atoms with Crippen molar-refractivity contribution in [1.29, 1.82) is 0 Å². The van der Waals surface area contributed by atoms with E-state index in [-0.39, 0.29) is 16.0 Å². The molecule has 0 aromatic carbocycles. The van der Waals surface area contributed by atoms with Gasteiger partial charge in [-0.3, -0.25) is 4.90 Å². The van der Waals surface area contributed by atoms with Crippen LogP contribution in [-0.4, -0.2) is 56.6 Å². The van der Waals surface area contributed by atoms with Gasteiger partial charge >= 0.3 is 6.03 Å². The first-order valence-electron chi connectivity index (χ1n) is 5.20. The molecule has 0 aliphatic carbocycles. The smallest absolute Gasteiger partial charge is 0.323 e. The molecule has 1 rings (SSSR count). The molecule has 1 aromatic heterocycles. The van der Waals surface area contributed by atoms with Crippen LogP contribution >= 0.6 is 11.3 Å². The Bertz CT molecular complexity index is 568. The van der Waals surface area contributed by atoms with Gasteiger partial charge in [-0.15, -0.1) is 16.8 Å². The minimum atomic E-state index is -3.70. The van der Waals surface area contributed by atoms with E-state index in [0.29, 0.717) is 0 Å². The lowest BCUT2D eigenvalue weighted by Gasteiger charge is -2.12. The van der Waals surface area contributed by atoms with Gasteiger partial charge in [0.1, 0.15) is 0 Å². The second-order valence-electron chi connectivity index (χ2n) is 3.54. The van der Waals surface area contributed by atoms with Crippen LogP contribution in [0.25, 0.3) is 0 Å². The van der Waals surface area contributed by atoms with Crippen molar-refractivity contribution in [3.8, 4) is 0 Å². The minimum Gasteiger partial charge on any atom is -0.341 e. The summed E-state index contributed by atoms with van der Waals surface area (Å²) in [4.78, 5) is 12.6. The maximum absolute atomic E-state index is 12.1. The van der Waals surface area contributed by atoms with Gasteiger partial charge in [0.25, 0.3) is 10.0 Å². The number of carbonyl (C=O) groups excluding carboxylic acids is 1. The van der Waals surface area contributed by atoms with Gasteiger partial charge in [-0.1, -0.05) is 17.4 Å². The van der Waals surface area contributed by atoms with E-state index >= 15 is 0 Å². The summed E-state index contributed by atoms with van der Waals surface area (Å²) in [5.41, 5.74) is 0. The number of urea groups is 1. The molecule has 0 aliphatic heterocycles. The summed E-state index contributed by atoms with van der Waals surface area (Å²) in [6.07, 6.45) is 1.47. The van der Waals surface area contributed by atoms with Crippen molar-refractivity contribution >= 4 is 32.5 Å². The quantitative estimate of drug-likeness (QED) is 0.616. The summed E-state index contributed by atoms with van der Waals surface area (Å²) in [7, 11) is 0.663. The Labute approximate surface area is 115 Å². The summed E-state index contributed by atoms with van der Waals surface area (Å²) >= 11 is 0.825. The molecule has 10 heteroatoms. The topological polar surface area (TPSA) is 95.5 Å². The fourth-order valence-electron chi connectivity index (χ4n) is 1.11. The van der Waals surface area contributed by atoms with Crippen molar-refractivity contribution in [2.24, 2.45) is 0 Å². The normalized spacial score (nSPS) is 11.4. The first kappa shape index (κ1) is 15.5. The summed E-state index contributed by atoms with van der Waals surface area (Å²) in [5, 5.41) is 9.91. The number of nitrogens with zero attached hydrogens (tertiary/aromatic N) is 4. The molecule has 0 bridgehead atoms. The number of amides is 2. The Morgan fingerprint density at radius 3 is 2.63 bits per heavy atom. The molecule has 0 fully saturated rings. The molecule has 0 unspecified atom stereocenters. The number of hydrogen-bond acceptors (Lipinski definition) is 6. The molecule has 8 nitrogen and oxygen atoms in total. The van der Waals surface area contributed by atoms with Gasteiger partial charge in [0.15, 0.2) is 0 Å². The van der Waals surface area contributed by atoms with E-state index in [2.05, 4.69) is 22.1 Å². The summed E-state index contributed by atoms with van der Waals surface area (Å²) < 4.78 is 25.1. The first-order chi connectivity index (χ1) is 8.84. The molecule has 19 heavy (non-hydrogen) atoms. The highest BCUT2D eigenvalue weighted by Crippen LogP contribution is 2.24. The second kappa shape index (κ2) is 6.08. The van der Waals surface area contributed by atoms with E-state index in [1.165, 1.54) is 32.1 Å². The SMILES string of the molecule is C=CCN(C)S(=O)(=O)c1nnc(N(C)C(=O)NC)s1. The van der Waals surface area contributed by atoms with Crippen molar-refractivity contribution in [2.45, 2.75) is 4.34 Å². The fraction of sp³-hybridized carbons (Fsp3) is 0.444. The summed E-state index contributed by atoms with van der Waals surface area (Å²) in [5.74, 6) is 0. The van der Waals surface area contributed by atoms with Crippen LogP contribution in [-0.2, 0) is 10.0 Å². The van der Waals surface area contributed by atoms with Crippen LogP contribution in [0.1, 0.15) is 0 Å². The average molecular weight is 305 g/mol. The molecular formula is C9H15N5O3S2. The number of rotatable bonds is 5. The molecule has 1 N–H and O–H groups in total. The van der Waals surface area contributed by atoms with Crippen LogP contribution in [0.4, 0.5) is 9.93 Å². The Morgan fingerprint density at radius 2 is 2.11 bits per heavy atom. The Morgan fingerprint density at radius 1 is 1.47 bits per heavy atom. The molecule has 2 amide bonds. The molecule has 106 valence electrons. The lowest BCUT2D eigenvalue weighted by atomic mass is 10.6. The van der Waals surface area contributed by atoms with Crippen LogP contribution in [0.15, 0.2) is 17.0 Å². The van der Waals surface area contributed by atoms with Crippen molar-refractivity contribution in [3.05, 3.63) is 12.7 Å². The summed E-state index contributed by atoms with van der Waals surface area (Å²) in [6.45, 7) is 3.64. The van der Waals surface area contributed by atoms with Gasteiger partial charge in [-0.2, -0.15) is 4.31 Å². The Hall–Kier alpha value is -1.52. The van der Waals surface area contributed by atoms with Crippen molar-refractivity contribution in [1.82, 2.24) is 19.8 Å². The zero-order chi connectivity index (χ0) is 14.6. The highest BCUT2D eigenvalue weighted by molar-refractivity contribution is 7.91. The Kier molecular flexibility index (Phi) is 4.97. The van der Waals surface area contributed by atoms with E-state index < -0.39 is 16.1 Å². The van der Waals surface area contributed by atoms with Gasteiger partial charge in [0.05, 0.1) is 0 Å². The number of anilines is 1. The van der Waals surface area contributed by atoms with E-state index in [1.54, 1.807) is 0 Å². The highest BCUT2D eigenvalue weighted by Gasteiger charge is 2.26. The third kappa shape index (κ3) is 3.28. The predicted octanol–water partition coefficient (Wildman–Crippen LogP) is 0.120. The summed E-state index contributed by atoms with van der Waals surface area (Å²) in [6, 6.07) is -0.403. The van der Waals surface area contributed by atoms with Crippen LogP contribution in [0.2, 0.25) is 0 Å². The maximum atomic E-state index is 12.1. The third-order valence-corrected chi connectivity index (χ3v) is 5.39. The van der Waals surface area contributed by atoms with Crippen molar-refractivity contribution in [3.63, 3.8) is 0 Å². The average Bonchev–Trinajstić information content (AvgIpc) is 2.87. The standard InChI is InChI=1S/C9H15N5O3S2/c1-5-6-13(3)19(16,17)9-12-11-8(18-9)14(4)7(15)10-2/h5H,1,6H2,2-4H3,(H,10,15). The molecular weight excluding hydrogens is 290 g/mol. The number of aromatic nitrogens is 2. The van der Waals surface area contributed by atoms with Crippen LogP contribution < -0.4 is 10.2 Å². The van der Waals surface area contributed by atoms with Crippen LogP contribution in [0, 0.1) is 0 Å². The lowest BCUT2D eigenvalue weighted by molar-refractivity contribution is 0.249. The van der Waals surface area contributed by atoms with E-state index in [4.69, 9.17) is 0 Å². The van der Waals surface area contributed by atoms with Gasteiger partial charge in [-0.25, -0.2) is 13.2 Å². The number of hydrogen-bond donors (Lipinski definition) is 1. The molecule has 0 saturated heterocycles. The molecule has 0 saturated carbocycles. The van der Waals surface area contributed by atoms with Gasteiger partial charge < -0.3 is 5.32 Å². The number of carbonyl (C=O) groups is 1. The molecule has 0 spiro atoms. The van der Waals surface area contributed by atoms with Crippen molar-refractivity contribution < 1.29 is 13.2 Å². The minimum absolute atomic E-state index is 0.164. The monoisotopic (exact) mass is 305 g/mol. The molecule has 1 aromatic rings. The van der Waals surface area contributed by atoms with E-state index in [9.17, 15) is 13.2 Å². The van der Waals surface area contributed by atoms with Gasteiger partial charge in [-0.05, 0) is 0 Å². The Balaban J connectivity index is 3.03. The lowest BCUT2D eigenvalue weighted by Crippen LogP contribution is -2.34. The highest BCUT2D eigenvalue weighted by atomic mass is 32.2. The van der Waals surface area contributed by atoms with Gasteiger partial charge in [0, 0.05) is 27.7 Å². The maximum Gasteiger partial charge on any atom is 0.323 e. The molecule has 0 atom stereocenters.